The number of rotatable bonds is 2. The maximum absolute atomic E-state index is 13.3. The second-order valence-corrected chi connectivity index (χ2v) is 4.29. The quantitative estimate of drug-likeness (QED) is 0.829. The predicted molar refractivity (Wildman–Crippen MR) is 79.3 cm³/mol. The summed E-state index contributed by atoms with van der Waals surface area (Å²) in [7, 11) is 0. The highest BCUT2D eigenvalue weighted by Crippen LogP contribution is 2.17. The monoisotopic (exact) mass is 283 g/mol. The molecule has 3 N–H and O–H groups in total. The number of nitrogens with zero attached hydrogens (tertiary/aromatic N) is 1. The van der Waals surface area contributed by atoms with Gasteiger partial charge in [0.1, 0.15) is 5.82 Å². The van der Waals surface area contributed by atoms with Gasteiger partial charge in [-0.15, -0.1) is 0 Å². The number of nitrogens with two attached hydrogens (primary N) is 1. The van der Waals surface area contributed by atoms with E-state index in [4.69, 9.17) is 5.73 Å². The lowest BCUT2D eigenvalue weighted by Gasteiger charge is -2.09. The Hall–Kier alpha value is -2.71. The predicted octanol–water partition coefficient (Wildman–Crippen LogP) is 2.09. The summed E-state index contributed by atoms with van der Waals surface area (Å²) in [5.41, 5.74) is 7.21. The first-order valence-electron chi connectivity index (χ1n) is 6.33. The number of hydrogen-bond acceptors (Lipinski definition) is 3. The molecule has 0 atom stereocenters. The molecule has 0 aliphatic carbocycles. The number of pyridine rings is 1. The first-order chi connectivity index (χ1) is 10.1. The molecule has 1 heterocycles. The van der Waals surface area contributed by atoms with E-state index in [9.17, 15) is 9.18 Å². The van der Waals surface area contributed by atoms with Crippen LogP contribution < -0.4 is 11.1 Å². The fourth-order valence-corrected chi connectivity index (χ4v) is 1.79. The maximum atomic E-state index is 13.3. The van der Waals surface area contributed by atoms with E-state index in [1.165, 1.54) is 18.2 Å². The summed E-state index contributed by atoms with van der Waals surface area (Å²) in [6, 6.07) is 7.35. The number of aromatic nitrogens is 1. The molecule has 0 spiro atoms. The summed E-state index contributed by atoms with van der Waals surface area (Å²) in [6.07, 6.45) is 1.61. The van der Waals surface area contributed by atoms with Gasteiger partial charge in [-0.1, -0.05) is 11.8 Å². The summed E-state index contributed by atoms with van der Waals surface area (Å²) < 4.78 is 13.3. The Morgan fingerprint density at radius 1 is 1.43 bits per heavy atom. The van der Waals surface area contributed by atoms with Gasteiger partial charge in [-0.2, -0.15) is 0 Å². The van der Waals surface area contributed by atoms with Gasteiger partial charge >= 0.3 is 0 Å². The average molecular weight is 283 g/mol. The van der Waals surface area contributed by atoms with E-state index in [1.807, 2.05) is 0 Å². The molecule has 0 fully saturated rings. The lowest BCUT2D eigenvalue weighted by atomic mass is 10.1. The highest BCUT2D eigenvalue weighted by Gasteiger charge is 2.11. The fraction of sp³-hybridized carbons (Fsp3) is 0.125. The Labute approximate surface area is 122 Å². The van der Waals surface area contributed by atoms with E-state index < -0.39 is 5.82 Å². The lowest BCUT2D eigenvalue weighted by molar-refractivity contribution is 0.102. The molecular formula is C16H14FN3O. The molecule has 4 nitrogen and oxygen atoms in total. The van der Waals surface area contributed by atoms with E-state index >= 15 is 0 Å². The summed E-state index contributed by atoms with van der Waals surface area (Å²) >= 11 is 0. The molecule has 2 aromatic rings. The number of anilines is 1. The summed E-state index contributed by atoms with van der Waals surface area (Å²) in [5, 5.41) is 2.71. The van der Waals surface area contributed by atoms with Crippen LogP contribution >= 0.6 is 0 Å². The molecule has 0 aliphatic heterocycles. The Morgan fingerprint density at radius 3 is 2.95 bits per heavy atom. The zero-order valence-corrected chi connectivity index (χ0v) is 11.5. The highest BCUT2D eigenvalue weighted by atomic mass is 19.1. The first-order valence-corrected chi connectivity index (χ1v) is 6.33. The number of halogens is 1. The second kappa shape index (κ2) is 6.64. The molecule has 21 heavy (non-hydrogen) atoms. The van der Waals surface area contributed by atoms with Crippen LogP contribution in [0.3, 0.4) is 0 Å². The van der Waals surface area contributed by atoms with E-state index in [0.717, 1.165) is 0 Å². The Balaban J connectivity index is 2.31. The molecule has 0 unspecified atom stereocenters. The summed E-state index contributed by atoms with van der Waals surface area (Å²) in [4.78, 5) is 16.3. The zero-order valence-electron chi connectivity index (χ0n) is 11.5. The first kappa shape index (κ1) is 14.7. The minimum atomic E-state index is -0.424. The number of hydrogen-bond donors (Lipinski definition) is 2. The molecule has 0 aliphatic rings. The van der Waals surface area contributed by atoms with Gasteiger partial charge in [0, 0.05) is 11.9 Å². The van der Waals surface area contributed by atoms with E-state index in [-0.39, 0.29) is 12.5 Å². The van der Waals surface area contributed by atoms with Crippen molar-refractivity contribution < 1.29 is 9.18 Å². The molecule has 1 aromatic heterocycles. The molecular weight excluding hydrogens is 269 g/mol. The van der Waals surface area contributed by atoms with Crippen molar-refractivity contribution in [3.05, 3.63) is 59.2 Å². The number of benzene rings is 1. The molecule has 106 valence electrons. The van der Waals surface area contributed by atoms with Crippen LogP contribution in [0.25, 0.3) is 0 Å². The molecule has 0 radical (unpaired) electrons. The van der Waals surface area contributed by atoms with Gasteiger partial charge in [0.05, 0.1) is 23.4 Å². The van der Waals surface area contributed by atoms with Crippen molar-refractivity contribution in [1.29, 1.82) is 0 Å². The number of carbonyl (C=O) groups is 1. The topological polar surface area (TPSA) is 68.0 Å². The molecule has 5 heteroatoms. The number of aryl methyl sites for hydroxylation is 1. The Kier molecular flexibility index (Phi) is 4.64. The van der Waals surface area contributed by atoms with Gasteiger partial charge in [-0.25, -0.2) is 4.39 Å². The Morgan fingerprint density at radius 2 is 2.24 bits per heavy atom. The minimum Gasteiger partial charge on any atom is -0.321 e. The van der Waals surface area contributed by atoms with Crippen molar-refractivity contribution in [2.75, 3.05) is 11.9 Å². The van der Waals surface area contributed by atoms with Crippen LogP contribution in [-0.2, 0) is 0 Å². The van der Waals surface area contributed by atoms with E-state index in [0.29, 0.717) is 22.5 Å². The van der Waals surface area contributed by atoms with Crippen LogP contribution in [-0.4, -0.2) is 17.4 Å². The molecule has 1 amide bonds. The standard InChI is InChI=1S/C16H14FN3O/c1-11-14(5-3-9-19-11)16(21)20-15-7-6-13(17)10-12(15)4-2-8-18/h3,5-7,9-10H,8,18H2,1H3,(H,20,21). The van der Waals surface area contributed by atoms with Crippen LogP contribution in [0.1, 0.15) is 21.6 Å². The number of nitrogens with one attached hydrogen (secondary N) is 1. The van der Waals surface area contributed by atoms with Crippen LogP contribution in [0.5, 0.6) is 0 Å². The number of carbonyl (C=O) groups excluding carboxylic acids is 1. The van der Waals surface area contributed by atoms with Crippen LogP contribution in [0.15, 0.2) is 36.5 Å². The molecule has 2 rings (SSSR count). The van der Waals surface area contributed by atoms with E-state index in [1.54, 1.807) is 25.3 Å². The maximum Gasteiger partial charge on any atom is 0.257 e. The average Bonchev–Trinajstić information content (AvgIpc) is 2.47. The van der Waals surface area contributed by atoms with Gasteiger partial charge in [0.2, 0.25) is 0 Å². The number of amides is 1. The van der Waals surface area contributed by atoms with Crippen molar-refractivity contribution in [2.24, 2.45) is 5.73 Å². The Bertz CT molecular complexity index is 732. The van der Waals surface area contributed by atoms with Crippen molar-refractivity contribution in [3.63, 3.8) is 0 Å². The zero-order chi connectivity index (χ0) is 15.2. The second-order valence-electron chi connectivity index (χ2n) is 4.29. The van der Waals surface area contributed by atoms with Crippen LogP contribution in [0, 0.1) is 24.6 Å². The minimum absolute atomic E-state index is 0.158. The third-order valence-corrected chi connectivity index (χ3v) is 2.81. The molecule has 0 saturated heterocycles. The third-order valence-electron chi connectivity index (χ3n) is 2.81. The van der Waals surface area contributed by atoms with Crippen LogP contribution in [0.2, 0.25) is 0 Å². The van der Waals surface area contributed by atoms with Gasteiger partial charge in [0.15, 0.2) is 0 Å². The van der Waals surface area contributed by atoms with Crippen molar-refractivity contribution >= 4 is 11.6 Å². The largest absolute Gasteiger partial charge is 0.321 e. The third kappa shape index (κ3) is 3.65. The van der Waals surface area contributed by atoms with Gasteiger partial charge in [-0.05, 0) is 37.3 Å². The van der Waals surface area contributed by atoms with E-state index in [2.05, 4.69) is 22.1 Å². The molecule has 0 bridgehead atoms. The SMILES string of the molecule is Cc1ncccc1C(=O)Nc1ccc(F)cc1C#CCN. The molecule has 1 aromatic carbocycles. The normalized spacial score (nSPS) is 9.67. The van der Waals surface area contributed by atoms with Crippen molar-refractivity contribution in [2.45, 2.75) is 6.92 Å². The van der Waals surface area contributed by atoms with Crippen molar-refractivity contribution in [3.8, 4) is 11.8 Å². The van der Waals surface area contributed by atoms with Crippen LogP contribution in [0.4, 0.5) is 10.1 Å². The van der Waals surface area contributed by atoms with Crippen molar-refractivity contribution in [1.82, 2.24) is 4.98 Å². The molecule has 0 saturated carbocycles. The van der Waals surface area contributed by atoms with Gasteiger partial charge < -0.3 is 11.1 Å². The smallest absolute Gasteiger partial charge is 0.257 e. The van der Waals surface area contributed by atoms with Gasteiger partial charge in [0.25, 0.3) is 5.91 Å². The van der Waals surface area contributed by atoms with Gasteiger partial charge in [-0.3, -0.25) is 9.78 Å². The summed E-state index contributed by atoms with van der Waals surface area (Å²) in [6.45, 7) is 1.90. The highest BCUT2D eigenvalue weighted by molar-refractivity contribution is 6.05. The fourth-order valence-electron chi connectivity index (χ4n) is 1.79. The lowest BCUT2D eigenvalue weighted by Crippen LogP contribution is -2.15. The summed E-state index contributed by atoms with van der Waals surface area (Å²) in [5.74, 6) is 4.64.